The van der Waals surface area contributed by atoms with Crippen molar-refractivity contribution in [1.82, 2.24) is 9.62 Å². The number of carbonyl (C=O) groups is 3. The molecule has 1 aromatic heterocycles. The lowest BCUT2D eigenvalue weighted by atomic mass is 10.2. The van der Waals surface area contributed by atoms with Crippen LogP contribution in [0.5, 0.6) is 0 Å². The Morgan fingerprint density at radius 2 is 1.65 bits per heavy atom. The second kappa shape index (κ2) is 11.1. The summed E-state index contributed by atoms with van der Waals surface area (Å²) >= 11 is 0. The maximum Gasteiger partial charge on any atom is 0.325 e. The molecule has 11 heteroatoms. The summed E-state index contributed by atoms with van der Waals surface area (Å²) in [7, 11) is -1.41. The Labute approximate surface area is 179 Å². The molecule has 31 heavy (non-hydrogen) atoms. The van der Waals surface area contributed by atoms with Gasteiger partial charge >= 0.3 is 11.9 Å². The van der Waals surface area contributed by atoms with Gasteiger partial charge in [-0.05, 0) is 35.9 Å². The Kier molecular flexibility index (Phi) is 8.53. The fourth-order valence-electron chi connectivity index (χ4n) is 2.35. The van der Waals surface area contributed by atoms with Crippen LogP contribution in [0.25, 0.3) is 6.08 Å². The van der Waals surface area contributed by atoms with Crippen molar-refractivity contribution in [2.24, 2.45) is 0 Å². The molecule has 0 aliphatic heterocycles. The van der Waals surface area contributed by atoms with Crippen LogP contribution < -0.4 is 4.72 Å². The van der Waals surface area contributed by atoms with Gasteiger partial charge in [-0.1, -0.05) is 12.1 Å². The van der Waals surface area contributed by atoms with E-state index >= 15 is 0 Å². The summed E-state index contributed by atoms with van der Waals surface area (Å²) in [5, 5.41) is 0. The summed E-state index contributed by atoms with van der Waals surface area (Å²) in [6.45, 7) is -0.831. The zero-order valence-electron chi connectivity index (χ0n) is 16.9. The number of hydrogen-bond donors (Lipinski definition) is 1. The fraction of sp³-hybridized carbons (Fsp3) is 0.250. The monoisotopic (exact) mass is 450 g/mol. The number of nitrogens with one attached hydrogen (secondary N) is 1. The minimum absolute atomic E-state index is 0.0156. The summed E-state index contributed by atoms with van der Waals surface area (Å²) in [4.78, 5) is 36.3. The first-order valence-electron chi connectivity index (χ1n) is 8.98. The van der Waals surface area contributed by atoms with Gasteiger partial charge in [0.05, 0.1) is 31.9 Å². The molecular formula is C20H22N2O8S. The first-order chi connectivity index (χ1) is 14.7. The van der Waals surface area contributed by atoms with Gasteiger partial charge in [-0.25, -0.2) is 13.1 Å². The number of hydrogen-bond acceptors (Lipinski definition) is 8. The highest BCUT2D eigenvalue weighted by Crippen LogP contribution is 2.13. The van der Waals surface area contributed by atoms with E-state index in [-0.39, 0.29) is 11.4 Å². The van der Waals surface area contributed by atoms with Gasteiger partial charge in [-0.3, -0.25) is 14.4 Å². The van der Waals surface area contributed by atoms with Gasteiger partial charge in [0, 0.05) is 6.08 Å². The van der Waals surface area contributed by atoms with Gasteiger partial charge in [0.1, 0.15) is 18.8 Å². The number of esters is 2. The first kappa shape index (κ1) is 23.8. The van der Waals surface area contributed by atoms with Gasteiger partial charge in [-0.15, -0.1) is 0 Å². The number of furan rings is 1. The van der Waals surface area contributed by atoms with E-state index in [1.165, 1.54) is 36.6 Å². The van der Waals surface area contributed by atoms with E-state index in [2.05, 4.69) is 14.2 Å². The van der Waals surface area contributed by atoms with Gasteiger partial charge < -0.3 is 18.8 Å². The number of rotatable bonds is 10. The standard InChI is InChI=1S/C20H22N2O8S/c1-28-19(24)13-22(14-20(25)29-2)18(23)10-7-15-5-8-17(9-6-15)31(26,27)21-12-16-4-3-11-30-16/h3-11,21H,12-14H2,1-2H3/b10-7+. The van der Waals surface area contributed by atoms with E-state index < -0.39 is 41.0 Å². The molecule has 1 aromatic carbocycles. The Hall–Kier alpha value is -3.44. The Balaban J connectivity index is 2.04. The van der Waals surface area contributed by atoms with Gasteiger partial charge in [-0.2, -0.15) is 0 Å². The summed E-state index contributed by atoms with van der Waals surface area (Å²) in [5.41, 5.74) is 0.537. The summed E-state index contributed by atoms with van der Waals surface area (Å²) in [6.07, 6.45) is 4.03. The summed E-state index contributed by atoms with van der Waals surface area (Å²) in [6, 6.07) is 9.09. The average molecular weight is 450 g/mol. The average Bonchev–Trinajstić information content (AvgIpc) is 3.29. The van der Waals surface area contributed by atoms with Crippen molar-refractivity contribution in [2.75, 3.05) is 27.3 Å². The lowest BCUT2D eigenvalue weighted by Gasteiger charge is -2.18. The number of carbonyl (C=O) groups excluding carboxylic acids is 3. The highest BCUT2D eigenvalue weighted by atomic mass is 32.2. The third-order valence-electron chi connectivity index (χ3n) is 4.03. The summed E-state index contributed by atoms with van der Waals surface area (Å²) in [5.74, 6) is -1.53. The third-order valence-corrected chi connectivity index (χ3v) is 5.45. The molecule has 0 unspecified atom stereocenters. The van der Waals surface area contributed by atoms with Crippen molar-refractivity contribution < 1.29 is 36.7 Å². The first-order valence-corrected chi connectivity index (χ1v) is 10.5. The van der Waals surface area contributed by atoms with E-state index in [0.717, 1.165) is 25.2 Å². The van der Waals surface area contributed by atoms with Crippen LogP contribution in [0, 0.1) is 0 Å². The molecule has 1 amide bonds. The lowest BCUT2D eigenvalue weighted by molar-refractivity contribution is -0.150. The number of methoxy groups -OCH3 is 2. The molecule has 0 saturated carbocycles. The topological polar surface area (TPSA) is 132 Å². The minimum atomic E-state index is -3.74. The number of sulfonamides is 1. The predicted octanol–water partition coefficient (Wildman–Crippen LogP) is 0.946. The minimum Gasteiger partial charge on any atom is -0.468 e. The molecule has 0 radical (unpaired) electrons. The molecule has 0 saturated heterocycles. The van der Waals surface area contributed by atoms with E-state index in [4.69, 9.17) is 4.42 Å². The predicted molar refractivity (Wildman–Crippen MR) is 109 cm³/mol. The summed E-state index contributed by atoms with van der Waals surface area (Å²) < 4.78 is 41.2. The maximum atomic E-state index is 12.4. The van der Waals surface area contributed by atoms with Crippen LogP contribution in [0.1, 0.15) is 11.3 Å². The van der Waals surface area contributed by atoms with Gasteiger partial charge in [0.15, 0.2) is 0 Å². The molecule has 2 rings (SSSR count). The van der Waals surface area contributed by atoms with Crippen molar-refractivity contribution in [3.05, 3.63) is 60.1 Å². The number of amides is 1. The second-order valence-electron chi connectivity index (χ2n) is 6.15. The smallest absolute Gasteiger partial charge is 0.325 e. The normalized spacial score (nSPS) is 11.3. The van der Waals surface area contributed by atoms with Crippen molar-refractivity contribution in [3.63, 3.8) is 0 Å². The van der Waals surface area contributed by atoms with E-state index in [0.29, 0.717) is 11.3 Å². The highest BCUT2D eigenvalue weighted by Gasteiger charge is 2.19. The van der Waals surface area contributed by atoms with Crippen LogP contribution in [0.4, 0.5) is 0 Å². The van der Waals surface area contributed by atoms with Gasteiger partial charge in [0.2, 0.25) is 15.9 Å². The molecule has 0 bridgehead atoms. The molecular weight excluding hydrogens is 428 g/mol. The fourth-order valence-corrected chi connectivity index (χ4v) is 3.34. The van der Waals surface area contributed by atoms with E-state index in [1.807, 2.05) is 0 Å². The molecule has 0 spiro atoms. The molecule has 1 heterocycles. The van der Waals surface area contributed by atoms with E-state index in [1.54, 1.807) is 12.1 Å². The lowest BCUT2D eigenvalue weighted by Crippen LogP contribution is -2.39. The van der Waals surface area contributed by atoms with Crippen molar-refractivity contribution in [2.45, 2.75) is 11.4 Å². The molecule has 166 valence electrons. The molecule has 10 nitrogen and oxygen atoms in total. The van der Waals surface area contributed by atoms with Crippen LogP contribution in [0.15, 0.2) is 58.1 Å². The van der Waals surface area contributed by atoms with Crippen LogP contribution in [-0.4, -0.2) is 58.5 Å². The third kappa shape index (κ3) is 7.39. The SMILES string of the molecule is COC(=O)CN(CC(=O)OC)C(=O)/C=C/c1ccc(S(=O)(=O)NCc2ccco2)cc1. The molecule has 0 fully saturated rings. The number of nitrogens with zero attached hydrogens (tertiary/aromatic N) is 1. The largest absolute Gasteiger partial charge is 0.468 e. The maximum absolute atomic E-state index is 12.4. The zero-order valence-corrected chi connectivity index (χ0v) is 17.8. The molecule has 2 aromatic rings. The Morgan fingerprint density at radius 3 is 2.16 bits per heavy atom. The molecule has 1 N–H and O–H groups in total. The quantitative estimate of drug-likeness (QED) is 0.418. The number of benzene rings is 1. The van der Waals surface area contributed by atoms with Crippen molar-refractivity contribution in [1.29, 1.82) is 0 Å². The highest BCUT2D eigenvalue weighted by molar-refractivity contribution is 7.89. The van der Waals surface area contributed by atoms with Crippen LogP contribution in [0.3, 0.4) is 0 Å². The van der Waals surface area contributed by atoms with Crippen molar-refractivity contribution >= 4 is 33.9 Å². The molecule has 0 aliphatic carbocycles. The van der Waals surface area contributed by atoms with E-state index in [9.17, 15) is 22.8 Å². The zero-order chi connectivity index (χ0) is 22.9. The van der Waals surface area contributed by atoms with Crippen molar-refractivity contribution in [3.8, 4) is 0 Å². The molecule has 0 atom stereocenters. The number of ether oxygens (including phenoxy) is 2. The van der Waals surface area contributed by atoms with Gasteiger partial charge in [0.25, 0.3) is 0 Å². The Morgan fingerprint density at radius 1 is 1.03 bits per heavy atom. The van der Waals surface area contributed by atoms with Crippen LogP contribution in [-0.2, 0) is 40.4 Å². The Bertz CT molecular complexity index is 1010. The van der Waals surface area contributed by atoms with Crippen LogP contribution >= 0.6 is 0 Å². The molecule has 0 aliphatic rings. The second-order valence-corrected chi connectivity index (χ2v) is 7.92. The van der Waals surface area contributed by atoms with Crippen LogP contribution in [0.2, 0.25) is 0 Å².